The van der Waals surface area contributed by atoms with Gasteiger partial charge < -0.3 is 25.7 Å². The molecule has 0 saturated carbocycles. The Bertz CT molecular complexity index is 1230. The average molecular weight is 482 g/mol. The second-order valence-electron chi connectivity index (χ2n) is 7.52. The number of amides is 1. The lowest BCUT2D eigenvalue weighted by atomic mass is 10.1. The highest BCUT2D eigenvalue weighted by Crippen LogP contribution is 2.32. The van der Waals surface area contributed by atoms with Gasteiger partial charge in [0.1, 0.15) is 30.2 Å². The zero-order valence-electron chi connectivity index (χ0n) is 17.3. The first kappa shape index (κ1) is 23.0. The van der Waals surface area contributed by atoms with E-state index >= 15 is 0 Å². The van der Waals surface area contributed by atoms with Crippen molar-refractivity contribution in [1.29, 1.82) is 0 Å². The van der Waals surface area contributed by atoms with Crippen LogP contribution in [-0.2, 0) is 30.4 Å². The van der Waals surface area contributed by atoms with Crippen molar-refractivity contribution in [3.05, 3.63) is 30.9 Å². The summed E-state index contributed by atoms with van der Waals surface area (Å²) >= 11 is 0. The van der Waals surface area contributed by atoms with Crippen molar-refractivity contribution in [3.63, 3.8) is 0 Å². The second-order valence-corrected chi connectivity index (χ2v) is 8.86. The summed E-state index contributed by atoms with van der Waals surface area (Å²) in [4.78, 5) is 30.8. The van der Waals surface area contributed by atoms with Crippen LogP contribution in [0, 0.1) is 5.92 Å². The summed E-state index contributed by atoms with van der Waals surface area (Å²) in [6, 6.07) is 0. The van der Waals surface area contributed by atoms with Crippen molar-refractivity contribution in [1.82, 2.24) is 34.2 Å². The van der Waals surface area contributed by atoms with Gasteiger partial charge in [-0.25, -0.2) is 24.7 Å². The Morgan fingerprint density at radius 3 is 2.88 bits per heavy atom. The number of hydrogen-bond acceptors (Lipinski definition) is 12. The Labute approximate surface area is 187 Å². The van der Waals surface area contributed by atoms with E-state index in [-0.39, 0.29) is 23.4 Å². The maximum atomic E-state index is 12.2. The largest absolute Gasteiger partial charge is 0.387 e. The quantitative estimate of drug-likeness (QED) is 0.235. The van der Waals surface area contributed by atoms with Gasteiger partial charge in [-0.05, 0) is 0 Å². The van der Waals surface area contributed by atoms with Crippen molar-refractivity contribution in [3.8, 4) is 0 Å². The van der Waals surface area contributed by atoms with E-state index in [0.29, 0.717) is 5.69 Å². The molecule has 1 saturated heterocycles. The molecule has 0 unspecified atom stereocenters. The van der Waals surface area contributed by atoms with E-state index in [4.69, 9.17) is 14.7 Å². The summed E-state index contributed by atoms with van der Waals surface area (Å²) in [5.41, 5.74) is 6.94. The molecule has 0 aromatic carbocycles. The molecule has 4 rings (SSSR count). The lowest BCUT2D eigenvalue weighted by Gasteiger charge is -2.16. The number of aromatic nitrogens is 6. The third kappa shape index (κ3) is 4.79. The number of aromatic amines is 1. The molecule has 5 atom stereocenters. The van der Waals surface area contributed by atoms with Gasteiger partial charge in [0.2, 0.25) is 5.91 Å². The van der Waals surface area contributed by atoms with Gasteiger partial charge in [-0.2, -0.15) is 8.42 Å². The zero-order valence-corrected chi connectivity index (χ0v) is 18.1. The zero-order chi connectivity index (χ0) is 23.8. The van der Waals surface area contributed by atoms with Crippen LogP contribution in [0.5, 0.6) is 0 Å². The fourth-order valence-corrected chi connectivity index (χ4v) is 4.20. The van der Waals surface area contributed by atoms with E-state index in [1.807, 2.05) is 4.72 Å². The van der Waals surface area contributed by atoms with Crippen LogP contribution in [0.4, 0.5) is 5.82 Å². The number of imidazole rings is 2. The molecule has 0 bridgehead atoms. The Morgan fingerprint density at radius 2 is 2.15 bits per heavy atom. The standard InChI is InChI=1S/C17H22N8O7S/c1-8(2-9-3-19-5-20-9)16(28)24-33(29,30)31-4-10-12(26)13(27)17(32-10)25-7-23-11-14(18)21-6-22-15(11)25/h3,5-8,10,12-13,17,26-27H,2,4H2,1H3,(H,19,20)(H,24,28)(H2,18,21,22)/t8-,10-,12-,13+,17-/m0/s1. The van der Waals surface area contributed by atoms with E-state index in [0.717, 1.165) is 0 Å². The van der Waals surface area contributed by atoms with Crippen molar-refractivity contribution >= 4 is 33.2 Å². The first-order valence-corrected chi connectivity index (χ1v) is 11.2. The van der Waals surface area contributed by atoms with Gasteiger partial charge in [-0.1, -0.05) is 6.92 Å². The molecule has 6 N–H and O–H groups in total. The first-order valence-electron chi connectivity index (χ1n) is 9.79. The number of nitrogens with two attached hydrogens (primary N) is 1. The molecule has 1 amide bonds. The highest BCUT2D eigenvalue weighted by molar-refractivity contribution is 7.85. The number of aliphatic hydroxyl groups excluding tert-OH is 2. The van der Waals surface area contributed by atoms with Gasteiger partial charge in [0.05, 0.1) is 19.3 Å². The van der Waals surface area contributed by atoms with E-state index < -0.39 is 53.3 Å². The number of H-pyrrole nitrogens is 1. The predicted octanol–water partition coefficient (Wildman–Crippen LogP) is -1.99. The topological polar surface area (TPSA) is 220 Å². The minimum atomic E-state index is -4.50. The number of ether oxygens (including phenoxy) is 1. The maximum absolute atomic E-state index is 12.2. The molecule has 3 aromatic rings. The van der Waals surface area contributed by atoms with E-state index in [2.05, 4.69) is 24.9 Å². The number of aliphatic hydroxyl groups is 2. The van der Waals surface area contributed by atoms with Gasteiger partial charge in [0, 0.05) is 24.2 Å². The van der Waals surface area contributed by atoms with Crippen LogP contribution in [0.3, 0.4) is 0 Å². The number of rotatable bonds is 8. The third-order valence-corrected chi connectivity index (χ3v) is 6.04. The molecule has 4 heterocycles. The molecule has 0 aliphatic carbocycles. The normalized spacial score (nSPS) is 24.2. The lowest BCUT2D eigenvalue weighted by Crippen LogP contribution is -2.39. The van der Waals surface area contributed by atoms with Crippen LogP contribution in [0.2, 0.25) is 0 Å². The second kappa shape index (κ2) is 8.99. The van der Waals surface area contributed by atoms with Crippen LogP contribution in [0.1, 0.15) is 18.8 Å². The first-order chi connectivity index (χ1) is 15.7. The maximum Gasteiger partial charge on any atom is 0.362 e. The monoisotopic (exact) mass is 482 g/mol. The average Bonchev–Trinajstić information content (AvgIpc) is 3.48. The number of nitrogens with one attached hydrogen (secondary N) is 2. The summed E-state index contributed by atoms with van der Waals surface area (Å²) < 4.78 is 38.0. The molecule has 33 heavy (non-hydrogen) atoms. The fourth-order valence-electron chi connectivity index (χ4n) is 3.38. The van der Waals surface area contributed by atoms with Crippen LogP contribution in [0.25, 0.3) is 11.2 Å². The third-order valence-electron chi connectivity index (χ3n) is 5.14. The summed E-state index contributed by atoms with van der Waals surface area (Å²) in [6.07, 6.45) is 0.425. The number of anilines is 1. The number of fused-ring (bicyclic) bond motifs is 1. The number of carbonyl (C=O) groups excluding carboxylic acids is 1. The summed E-state index contributed by atoms with van der Waals surface area (Å²) in [5.74, 6) is -1.35. The molecule has 15 nitrogen and oxygen atoms in total. The van der Waals surface area contributed by atoms with Crippen LogP contribution in [-0.4, -0.2) is 78.9 Å². The van der Waals surface area contributed by atoms with Crippen molar-refractivity contribution in [2.45, 2.75) is 37.9 Å². The van der Waals surface area contributed by atoms with Crippen molar-refractivity contribution < 1.29 is 32.3 Å². The molecule has 3 aromatic heterocycles. The lowest BCUT2D eigenvalue weighted by molar-refractivity contribution is -0.122. The van der Waals surface area contributed by atoms with Gasteiger partial charge in [0.15, 0.2) is 17.7 Å². The SMILES string of the molecule is C[C@@H](Cc1cnc[nH]1)C(=O)NS(=O)(=O)OC[C@@H]1O[C@H](n2cnc3c(N)ncnc32)[C@H](O)[C@H]1O. The Hall–Kier alpha value is -3.18. The van der Waals surface area contributed by atoms with Crippen LogP contribution in [0.15, 0.2) is 25.2 Å². The number of nitrogens with zero attached hydrogens (tertiary/aromatic N) is 5. The molecular formula is C17H22N8O7S. The highest BCUT2D eigenvalue weighted by atomic mass is 32.2. The van der Waals surface area contributed by atoms with Gasteiger partial charge >= 0.3 is 10.3 Å². The minimum absolute atomic E-state index is 0.121. The van der Waals surface area contributed by atoms with E-state index in [1.165, 1.54) is 29.7 Å². The smallest absolute Gasteiger partial charge is 0.362 e. The highest BCUT2D eigenvalue weighted by Gasteiger charge is 2.45. The molecule has 1 aliphatic rings. The van der Waals surface area contributed by atoms with Gasteiger partial charge in [0.25, 0.3) is 0 Å². The van der Waals surface area contributed by atoms with E-state index in [9.17, 15) is 23.4 Å². The molecule has 1 aliphatic heterocycles. The van der Waals surface area contributed by atoms with Crippen molar-refractivity contribution in [2.75, 3.05) is 12.3 Å². The molecule has 178 valence electrons. The fraction of sp³-hybridized carbons (Fsp3) is 0.471. The Morgan fingerprint density at radius 1 is 1.36 bits per heavy atom. The molecule has 0 radical (unpaired) electrons. The van der Waals surface area contributed by atoms with E-state index in [1.54, 1.807) is 6.92 Å². The predicted molar refractivity (Wildman–Crippen MR) is 110 cm³/mol. The number of hydrogen-bond donors (Lipinski definition) is 5. The molecular weight excluding hydrogens is 460 g/mol. The summed E-state index contributed by atoms with van der Waals surface area (Å²) in [6.45, 7) is 0.887. The summed E-state index contributed by atoms with van der Waals surface area (Å²) in [7, 11) is -4.50. The van der Waals surface area contributed by atoms with Gasteiger partial charge in [-0.3, -0.25) is 13.5 Å². The minimum Gasteiger partial charge on any atom is -0.387 e. The Kier molecular flexibility index (Phi) is 6.26. The number of carbonyl (C=O) groups is 1. The molecule has 1 fully saturated rings. The number of nitrogen functional groups attached to an aromatic ring is 1. The van der Waals surface area contributed by atoms with Gasteiger partial charge in [-0.15, -0.1) is 0 Å². The molecule has 16 heteroatoms. The van der Waals surface area contributed by atoms with Crippen LogP contribution < -0.4 is 10.5 Å². The molecule has 0 spiro atoms. The summed E-state index contributed by atoms with van der Waals surface area (Å²) in [5, 5.41) is 20.7. The van der Waals surface area contributed by atoms with Crippen LogP contribution >= 0.6 is 0 Å². The van der Waals surface area contributed by atoms with Crippen molar-refractivity contribution in [2.24, 2.45) is 5.92 Å². The Balaban J connectivity index is 1.37.